The van der Waals surface area contributed by atoms with Crippen molar-refractivity contribution in [3.05, 3.63) is 65.0 Å². The van der Waals surface area contributed by atoms with Gasteiger partial charge in [-0.15, -0.1) is 0 Å². The zero-order valence-corrected chi connectivity index (χ0v) is 12.9. The average molecular weight is 314 g/mol. The van der Waals surface area contributed by atoms with Crippen molar-refractivity contribution in [1.82, 2.24) is 5.32 Å². The third-order valence-corrected chi connectivity index (χ3v) is 4.19. The van der Waals surface area contributed by atoms with Gasteiger partial charge in [0.25, 0.3) is 5.91 Å². The number of aliphatic hydroxyl groups excluding tert-OH is 1. The van der Waals surface area contributed by atoms with Crippen molar-refractivity contribution < 1.29 is 14.3 Å². The molecule has 0 aliphatic carbocycles. The van der Waals surface area contributed by atoms with Gasteiger partial charge < -0.3 is 15.3 Å². The van der Waals surface area contributed by atoms with Crippen LogP contribution >= 0.6 is 0 Å². The van der Waals surface area contributed by atoms with E-state index in [1.807, 2.05) is 25.2 Å². The number of rotatable bonds is 4. The Morgan fingerprint density at radius 3 is 2.91 bits per heavy atom. The van der Waals surface area contributed by atoms with E-state index in [-0.39, 0.29) is 12.1 Å². The highest BCUT2D eigenvalue weighted by molar-refractivity contribution is 5.94. The summed E-state index contributed by atoms with van der Waals surface area (Å²) >= 11 is 0. The molecule has 0 radical (unpaired) electrons. The zero-order valence-electron chi connectivity index (χ0n) is 12.9. The van der Waals surface area contributed by atoms with E-state index in [1.165, 1.54) is 29.4 Å². The van der Waals surface area contributed by atoms with Gasteiger partial charge in [-0.05, 0) is 35.7 Å². The molecular formula is C18H19FN2O2. The highest BCUT2D eigenvalue weighted by Crippen LogP contribution is 2.29. The fourth-order valence-electron chi connectivity index (χ4n) is 2.84. The Labute approximate surface area is 134 Å². The van der Waals surface area contributed by atoms with Crippen molar-refractivity contribution in [2.75, 3.05) is 25.0 Å². The minimum Gasteiger partial charge on any atom is -0.387 e. The van der Waals surface area contributed by atoms with Crippen molar-refractivity contribution in [2.24, 2.45) is 0 Å². The zero-order chi connectivity index (χ0) is 16.4. The number of carbonyl (C=O) groups is 1. The van der Waals surface area contributed by atoms with Crippen molar-refractivity contribution in [3.63, 3.8) is 0 Å². The number of hydrogen-bond acceptors (Lipinski definition) is 3. The summed E-state index contributed by atoms with van der Waals surface area (Å²) in [6.45, 7) is 1.01. The van der Waals surface area contributed by atoms with E-state index < -0.39 is 17.8 Å². The number of halogens is 1. The Kier molecular flexibility index (Phi) is 4.30. The molecule has 0 bridgehead atoms. The van der Waals surface area contributed by atoms with Crippen LogP contribution in [0.3, 0.4) is 0 Å². The van der Waals surface area contributed by atoms with Gasteiger partial charge in [0.2, 0.25) is 0 Å². The molecule has 1 aliphatic rings. The summed E-state index contributed by atoms with van der Waals surface area (Å²) in [4.78, 5) is 14.1. The summed E-state index contributed by atoms with van der Waals surface area (Å²) in [7, 11) is 2.04. The molecule has 5 heteroatoms. The minimum atomic E-state index is -0.818. The van der Waals surface area contributed by atoms with Gasteiger partial charge in [-0.2, -0.15) is 0 Å². The maximum Gasteiger partial charge on any atom is 0.254 e. The topological polar surface area (TPSA) is 52.6 Å². The fraction of sp³-hybridized carbons (Fsp3) is 0.278. The number of hydrogen-bond donors (Lipinski definition) is 2. The Morgan fingerprint density at radius 1 is 1.35 bits per heavy atom. The van der Waals surface area contributed by atoms with Gasteiger partial charge in [0.05, 0.1) is 11.7 Å². The largest absolute Gasteiger partial charge is 0.387 e. The normalized spacial score (nSPS) is 14.5. The molecule has 23 heavy (non-hydrogen) atoms. The Hall–Kier alpha value is -2.40. The lowest BCUT2D eigenvalue weighted by Crippen LogP contribution is -2.29. The molecule has 2 aromatic rings. The summed E-state index contributed by atoms with van der Waals surface area (Å²) in [5.41, 5.74) is 3.11. The lowest BCUT2D eigenvalue weighted by molar-refractivity contribution is 0.0912. The van der Waals surface area contributed by atoms with E-state index >= 15 is 0 Å². The number of fused-ring (bicyclic) bond motifs is 1. The molecule has 1 aliphatic heterocycles. The quantitative estimate of drug-likeness (QED) is 0.910. The number of likely N-dealkylation sites (N-methyl/N-ethyl adjacent to an activating group) is 1. The monoisotopic (exact) mass is 314 g/mol. The molecule has 2 aromatic carbocycles. The molecule has 1 heterocycles. The molecule has 0 spiro atoms. The minimum absolute atomic E-state index is 0.0183. The molecule has 0 fully saturated rings. The number of nitrogens with one attached hydrogen (secondary N) is 1. The van der Waals surface area contributed by atoms with Crippen molar-refractivity contribution in [2.45, 2.75) is 12.5 Å². The molecule has 1 atom stereocenters. The van der Waals surface area contributed by atoms with Gasteiger partial charge in [-0.1, -0.05) is 24.3 Å². The molecular weight excluding hydrogens is 295 g/mol. The van der Waals surface area contributed by atoms with E-state index in [9.17, 15) is 14.3 Å². The first-order chi connectivity index (χ1) is 11.1. The second kappa shape index (κ2) is 6.38. The van der Waals surface area contributed by atoms with Crippen LogP contribution in [0.25, 0.3) is 0 Å². The van der Waals surface area contributed by atoms with Gasteiger partial charge in [0.1, 0.15) is 5.82 Å². The van der Waals surface area contributed by atoms with Crippen LogP contribution in [0, 0.1) is 5.82 Å². The third-order valence-electron chi connectivity index (χ3n) is 4.19. The van der Waals surface area contributed by atoms with Gasteiger partial charge in [0.15, 0.2) is 0 Å². The van der Waals surface area contributed by atoms with E-state index in [1.54, 1.807) is 6.07 Å². The van der Waals surface area contributed by atoms with E-state index in [0.717, 1.165) is 18.5 Å². The molecule has 4 nitrogen and oxygen atoms in total. The van der Waals surface area contributed by atoms with Crippen LogP contribution in [-0.2, 0) is 6.42 Å². The molecule has 3 rings (SSSR count). The van der Waals surface area contributed by atoms with Crippen LogP contribution in [-0.4, -0.2) is 31.2 Å². The van der Waals surface area contributed by atoms with Crippen LogP contribution < -0.4 is 10.2 Å². The van der Waals surface area contributed by atoms with Crippen molar-refractivity contribution in [1.29, 1.82) is 0 Å². The molecule has 120 valence electrons. The van der Waals surface area contributed by atoms with Crippen LogP contribution in [0.4, 0.5) is 10.1 Å². The first-order valence-corrected chi connectivity index (χ1v) is 7.61. The molecule has 2 N–H and O–H groups in total. The number of carbonyl (C=O) groups excluding carboxylic acids is 1. The van der Waals surface area contributed by atoms with Crippen molar-refractivity contribution in [3.8, 4) is 0 Å². The first kappa shape index (κ1) is 15.5. The fourth-order valence-corrected chi connectivity index (χ4v) is 2.84. The first-order valence-electron chi connectivity index (χ1n) is 7.61. The van der Waals surface area contributed by atoms with Gasteiger partial charge >= 0.3 is 0 Å². The van der Waals surface area contributed by atoms with Crippen molar-refractivity contribution >= 4 is 11.6 Å². The molecule has 0 aromatic heterocycles. The summed E-state index contributed by atoms with van der Waals surface area (Å²) in [6.07, 6.45) is 0.135. The summed E-state index contributed by atoms with van der Waals surface area (Å²) in [6, 6.07) is 11.6. The number of nitrogens with zero attached hydrogens (tertiary/aromatic N) is 1. The van der Waals surface area contributed by atoms with Crippen LogP contribution in [0.2, 0.25) is 0 Å². The molecule has 0 saturated heterocycles. The maximum absolute atomic E-state index is 13.5. The molecule has 1 unspecified atom stereocenters. The number of aliphatic hydroxyl groups is 1. The lowest BCUT2D eigenvalue weighted by Gasteiger charge is -2.15. The van der Waals surface area contributed by atoms with E-state index in [0.29, 0.717) is 0 Å². The SMILES string of the molecule is CN1CCc2cc(C(O)CNC(=O)c3ccccc3F)ccc21. The Balaban J connectivity index is 1.65. The predicted octanol–water partition coefficient (Wildman–Crippen LogP) is 2.28. The Morgan fingerprint density at radius 2 is 2.13 bits per heavy atom. The maximum atomic E-state index is 13.5. The highest BCUT2D eigenvalue weighted by Gasteiger charge is 2.18. The van der Waals surface area contributed by atoms with Crippen LogP contribution in [0.5, 0.6) is 0 Å². The third kappa shape index (κ3) is 3.19. The highest BCUT2D eigenvalue weighted by atomic mass is 19.1. The Bertz CT molecular complexity index is 733. The smallest absolute Gasteiger partial charge is 0.254 e. The summed E-state index contributed by atoms with van der Waals surface area (Å²) in [5, 5.41) is 12.8. The summed E-state index contributed by atoms with van der Waals surface area (Å²) < 4.78 is 13.5. The predicted molar refractivity (Wildman–Crippen MR) is 87.1 cm³/mol. The average Bonchev–Trinajstić information content (AvgIpc) is 2.93. The standard InChI is InChI=1S/C18H19FN2O2/c1-21-9-8-12-10-13(6-7-16(12)21)17(22)11-20-18(23)14-4-2-3-5-15(14)19/h2-7,10,17,22H,8-9,11H2,1H3,(H,20,23). The second-order valence-electron chi connectivity index (χ2n) is 5.77. The van der Waals surface area contributed by atoms with E-state index in [4.69, 9.17) is 0 Å². The lowest BCUT2D eigenvalue weighted by atomic mass is 10.0. The van der Waals surface area contributed by atoms with Gasteiger partial charge in [-0.3, -0.25) is 4.79 Å². The molecule has 0 saturated carbocycles. The summed E-state index contributed by atoms with van der Waals surface area (Å²) in [5.74, 6) is -1.09. The van der Waals surface area contributed by atoms with Crippen LogP contribution in [0.15, 0.2) is 42.5 Å². The second-order valence-corrected chi connectivity index (χ2v) is 5.77. The van der Waals surface area contributed by atoms with Gasteiger partial charge in [0, 0.05) is 25.8 Å². The number of amides is 1. The number of benzene rings is 2. The molecule has 1 amide bonds. The van der Waals surface area contributed by atoms with Crippen LogP contribution in [0.1, 0.15) is 27.6 Å². The van der Waals surface area contributed by atoms with E-state index in [2.05, 4.69) is 10.2 Å². The number of anilines is 1. The van der Waals surface area contributed by atoms with Gasteiger partial charge in [-0.25, -0.2) is 4.39 Å².